The molecule has 0 saturated heterocycles. The monoisotopic (exact) mass is 217 g/mol. The SMILES string of the molecule is Fc1ccc(NCCc2ccncc2)nc1. The average Bonchev–Trinajstić information content (AvgIpc) is 2.33. The van der Waals surface area contributed by atoms with Crippen LogP contribution < -0.4 is 5.32 Å². The molecule has 0 amide bonds. The van der Waals surface area contributed by atoms with Crippen LogP contribution in [0.2, 0.25) is 0 Å². The minimum atomic E-state index is -0.320. The van der Waals surface area contributed by atoms with Crippen LogP contribution in [0.4, 0.5) is 10.2 Å². The molecule has 0 radical (unpaired) electrons. The second-order valence-corrected chi connectivity index (χ2v) is 3.39. The molecule has 0 aliphatic heterocycles. The number of halogens is 1. The van der Waals surface area contributed by atoms with Gasteiger partial charge in [0, 0.05) is 18.9 Å². The third kappa shape index (κ3) is 3.02. The van der Waals surface area contributed by atoms with Crippen LogP contribution >= 0.6 is 0 Å². The molecule has 0 fully saturated rings. The summed E-state index contributed by atoms with van der Waals surface area (Å²) in [4.78, 5) is 7.86. The van der Waals surface area contributed by atoms with Crippen molar-refractivity contribution in [3.8, 4) is 0 Å². The Morgan fingerprint density at radius 1 is 1.12 bits per heavy atom. The quantitative estimate of drug-likeness (QED) is 0.853. The van der Waals surface area contributed by atoms with Gasteiger partial charge in [-0.05, 0) is 36.2 Å². The zero-order valence-corrected chi connectivity index (χ0v) is 8.73. The predicted octanol–water partition coefficient (Wildman–Crippen LogP) is 2.27. The lowest BCUT2D eigenvalue weighted by Gasteiger charge is -2.04. The van der Waals surface area contributed by atoms with E-state index in [0.29, 0.717) is 5.82 Å². The van der Waals surface area contributed by atoms with Gasteiger partial charge in [0.2, 0.25) is 0 Å². The summed E-state index contributed by atoms with van der Waals surface area (Å²) in [5.41, 5.74) is 1.21. The average molecular weight is 217 g/mol. The zero-order valence-electron chi connectivity index (χ0n) is 8.73. The van der Waals surface area contributed by atoms with E-state index in [0.717, 1.165) is 13.0 Å². The van der Waals surface area contributed by atoms with Crippen molar-refractivity contribution in [3.63, 3.8) is 0 Å². The summed E-state index contributed by atoms with van der Waals surface area (Å²) in [7, 11) is 0. The maximum atomic E-state index is 12.6. The Bertz CT molecular complexity index is 428. The number of nitrogens with zero attached hydrogens (tertiary/aromatic N) is 2. The molecule has 82 valence electrons. The first-order chi connectivity index (χ1) is 7.84. The van der Waals surface area contributed by atoms with Gasteiger partial charge in [-0.15, -0.1) is 0 Å². The Morgan fingerprint density at radius 2 is 1.94 bits per heavy atom. The number of anilines is 1. The lowest BCUT2D eigenvalue weighted by atomic mass is 10.2. The summed E-state index contributed by atoms with van der Waals surface area (Å²) in [6.45, 7) is 0.767. The third-order valence-corrected chi connectivity index (χ3v) is 2.20. The van der Waals surface area contributed by atoms with E-state index in [4.69, 9.17) is 0 Å². The van der Waals surface area contributed by atoms with E-state index >= 15 is 0 Å². The summed E-state index contributed by atoms with van der Waals surface area (Å²) in [5.74, 6) is 0.370. The van der Waals surface area contributed by atoms with Crippen molar-refractivity contribution in [3.05, 3.63) is 54.2 Å². The molecule has 0 saturated carbocycles. The number of hydrogen-bond donors (Lipinski definition) is 1. The molecule has 0 aliphatic carbocycles. The first-order valence-electron chi connectivity index (χ1n) is 5.09. The highest BCUT2D eigenvalue weighted by molar-refractivity contribution is 5.33. The molecule has 2 aromatic rings. The van der Waals surface area contributed by atoms with Crippen LogP contribution in [0.3, 0.4) is 0 Å². The Hall–Kier alpha value is -1.97. The number of hydrogen-bond acceptors (Lipinski definition) is 3. The minimum Gasteiger partial charge on any atom is -0.370 e. The van der Waals surface area contributed by atoms with Crippen LogP contribution in [0.1, 0.15) is 5.56 Å². The maximum Gasteiger partial charge on any atom is 0.141 e. The van der Waals surface area contributed by atoms with E-state index in [9.17, 15) is 4.39 Å². The molecule has 0 aliphatic rings. The molecule has 2 rings (SSSR count). The predicted molar refractivity (Wildman–Crippen MR) is 60.6 cm³/mol. The lowest BCUT2D eigenvalue weighted by Crippen LogP contribution is -2.06. The molecular weight excluding hydrogens is 205 g/mol. The van der Waals surface area contributed by atoms with Crippen LogP contribution in [0, 0.1) is 5.82 Å². The van der Waals surface area contributed by atoms with Gasteiger partial charge in [0.05, 0.1) is 6.20 Å². The largest absolute Gasteiger partial charge is 0.370 e. The fourth-order valence-corrected chi connectivity index (χ4v) is 1.36. The van der Waals surface area contributed by atoms with Gasteiger partial charge in [-0.3, -0.25) is 4.98 Å². The number of pyridine rings is 2. The van der Waals surface area contributed by atoms with E-state index in [1.165, 1.54) is 17.8 Å². The maximum absolute atomic E-state index is 12.6. The molecule has 2 heterocycles. The first-order valence-corrected chi connectivity index (χ1v) is 5.09. The summed E-state index contributed by atoms with van der Waals surface area (Å²) >= 11 is 0. The summed E-state index contributed by atoms with van der Waals surface area (Å²) in [6.07, 6.45) is 5.63. The molecule has 0 bridgehead atoms. The Balaban J connectivity index is 1.82. The molecule has 0 spiro atoms. The molecule has 3 nitrogen and oxygen atoms in total. The van der Waals surface area contributed by atoms with Gasteiger partial charge in [-0.2, -0.15) is 0 Å². The molecule has 4 heteroatoms. The fraction of sp³-hybridized carbons (Fsp3) is 0.167. The van der Waals surface area contributed by atoms with Crippen molar-refractivity contribution < 1.29 is 4.39 Å². The van der Waals surface area contributed by atoms with Gasteiger partial charge in [0.15, 0.2) is 0 Å². The minimum absolute atomic E-state index is 0.320. The topological polar surface area (TPSA) is 37.8 Å². The number of aromatic nitrogens is 2. The van der Waals surface area contributed by atoms with E-state index in [1.807, 2.05) is 12.1 Å². The summed E-state index contributed by atoms with van der Waals surface area (Å²) in [5, 5.41) is 3.12. The van der Waals surface area contributed by atoms with Gasteiger partial charge < -0.3 is 5.32 Å². The van der Waals surface area contributed by atoms with Gasteiger partial charge >= 0.3 is 0 Å². The molecule has 0 aromatic carbocycles. The van der Waals surface area contributed by atoms with Crippen LogP contribution in [-0.2, 0) is 6.42 Å². The van der Waals surface area contributed by atoms with E-state index in [2.05, 4.69) is 15.3 Å². The summed E-state index contributed by atoms with van der Waals surface area (Å²) < 4.78 is 12.6. The zero-order chi connectivity index (χ0) is 11.2. The van der Waals surface area contributed by atoms with Gasteiger partial charge in [0.25, 0.3) is 0 Å². The smallest absolute Gasteiger partial charge is 0.141 e. The highest BCUT2D eigenvalue weighted by atomic mass is 19.1. The first kappa shape index (κ1) is 10.5. The molecule has 0 unspecified atom stereocenters. The van der Waals surface area contributed by atoms with Crippen molar-refractivity contribution in [2.45, 2.75) is 6.42 Å². The van der Waals surface area contributed by atoms with Crippen molar-refractivity contribution in [2.75, 3.05) is 11.9 Å². The van der Waals surface area contributed by atoms with Gasteiger partial charge in [0.1, 0.15) is 11.6 Å². The summed E-state index contributed by atoms with van der Waals surface area (Å²) in [6, 6.07) is 6.96. The molecule has 1 N–H and O–H groups in total. The molecular formula is C12H12FN3. The van der Waals surface area contributed by atoms with Crippen molar-refractivity contribution in [1.82, 2.24) is 9.97 Å². The third-order valence-electron chi connectivity index (χ3n) is 2.20. The highest BCUT2D eigenvalue weighted by Crippen LogP contribution is 2.04. The van der Waals surface area contributed by atoms with Crippen LogP contribution in [-0.4, -0.2) is 16.5 Å². The van der Waals surface area contributed by atoms with Gasteiger partial charge in [-0.25, -0.2) is 9.37 Å². The van der Waals surface area contributed by atoms with E-state index < -0.39 is 0 Å². The number of nitrogens with one attached hydrogen (secondary N) is 1. The second-order valence-electron chi connectivity index (χ2n) is 3.39. The fourth-order valence-electron chi connectivity index (χ4n) is 1.36. The lowest BCUT2D eigenvalue weighted by molar-refractivity contribution is 0.621. The van der Waals surface area contributed by atoms with Crippen LogP contribution in [0.25, 0.3) is 0 Å². The second kappa shape index (κ2) is 5.21. The normalized spacial score (nSPS) is 10.1. The molecule has 16 heavy (non-hydrogen) atoms. The molecule has 2 aromatic heterocycles. The highest BCUT2D eigenvalue weighted by Gasteiger charge is 1.95. The molecule has 0 atom stereocenters. The number of rotatable bonds is 4. The van der Waals surface area contributed by atoms with Crippen molar-refractivity contribution >= 4 is 5.82 Å². The van der Waals surface area contributed by atoms with E-state index in [-0.39, 0.29) is 5.82 Å². The van der Waals surface area contributed by atoms with Crippen LogP contribution in [0.5, 0.6) is 0 Å². The standard InChI is InChI=1S/C12H12FN3/c13-11-1-2-12(16-9-11)15-8-5-10-3-6-14-7-4-10/h1-4,6-7,9H,5,8H2,(H,15,16). The Labute approximate surface area is 93.4 Å². The van der Waals surface area contributed by atoms with Gasteiger partial charge in [-0.1, -0.05) is 0 Å². The van der Waals surface area contributed by atoms with Crippen molar-refractivity contribution in [1.29, 1.82) is 0 Å². The Morgan fingerprint density at radius 3 is 2.62 bits per heavy atom. The van der Waals surface area contributed by atoms with E-state index in [1.54, 1.807) is 18.5 Å². The Kier molecular flexibility index (Phi) is 3.43. The van der Waals surface area contributed by atoms with Crippen molar-refractivity contribution in [2.24, 2.45) is 0 Å². The van der Waals surface area contributed by atoms with Crippen LogP contribution in [0.15, 0.2) is 42.9 Å².